The van der Waals surface area contributed by atoms with E-state index in [0.29, 0.717) is 37.6 Å². The first-order valence-electron chi connectivity index (χ1n) is 13.0. The molecule has 0 saturated carbocycles. The molecule has 0 aromatic heterocycles. The number of carbonyl (C=O) groups is 1. The van der Waals surface area contributed by atoms with Crippen LogP contribution in [0.3, 0.4) is 0 Å². The fourth-order valence-corrected chi connectivity index (χ4v) is 4.48. The summed E-state index contributed by atoms with van der Waals surface area (Å²) in [6.07, 6.45) is 3.96. The van der Waals surface area contributed by atoms with Crippen LogP contribution in [-0.2, 0) is 22.4 Å². The summed E-state index contributed by atoms with van der Waals surface area (Å²) in [4.78, 5) is 18.3. The van der Waals surface area contributed by atoms with Crippen LogP contribution in [-0.4, -0.2) is 48.8 Å². The minimum absolute atomic E-state index is 0.0911. The molecule has 200 valence electrons. The summed E-state index contributed by atoms with van der Waals surface area (Å²) in [5, 5.41) is 8.93. The topological polar surface area (TPSA) is 92.2 Å². The number of amides is 1. The summed E-state index contributed by atoms with van der Waals surface area (Å²) in [6.45, 7) is 1.35. The van der Waals surface area contributed by atoms with E-state index in [9.17, 15) is 4.79 Å². The highest BCUT2D eigenvalue weighted by Gasteiger charge is 2.44. The Morgan fingerprint density at radius 2 is 1.74 bits per heavy atom. The number of carbonyl (C=O) groups excluding carboxylic acids is 1. The van der Waals surface area contributed by atoms with Gasteiger partial charge in [-0.25, -0.2) is 10.4 Å². The largest absolute Gasteiger partial charge is 0.494 e. The van der Waals surface area contributed by atoms with Gasteiger partial charge in [-0.2, -0.15) is 0 Å². The third-order valence-corrected chi connectivity index (χ3v) is 6.86. The second kappa shape index (κ2) is 14.1. The Kier molecular flexibility index (Phi) is 10.3. The Hall–Kier alpha value is -3.20. The zero-order chi connectivity index (χ0) is 26.6. The van der Waals surface area contributed by atoms with Crippen molar-refractivity contribution in [1.29, 1.82) is 0 Å². The molecule has 1 aliphatic rings. The zero-order valence-corrected chi connectivity index (χ0v) is 23.0. The number of rotatable bonds is 14. The van der Waals surface area contributed by atoms with Crippen molar-refractivity contribution >= 4 is 27.7 Å². The van der Waals surface area contributed by atoms with E-state index in [0.717, 1.165) is 34.9 Å². The number of aliphatic hydroxyl groups is 1. The highest BCUT2D eigenvalue weighted by atomic mass is 79.9. The second-order valence-corrected chi connectivity index (χ2v) is 10.2. The van der Waals surface area contributed by atoms with Crippen molar-refractivity contribution in [3.05, 3.63) is 100 Å². The van der Waals surface area contributed by atoms with Crippen LogP contribution < -0.4 is 15.6 Å². The van der Waals surface area contributed by atoms with E-state index < -0.39 is 5.54 Å². The fourth-order valence-electron chi connectivity index (χ4n) is 4.22. The lowest BCUT2D eigenvalue weighted by Gasteiger charge is -2.23. The smallest absolute Gasteiger partial charge is 0.266 e. The lowest BCUT2D eigenvalue weighted by molar-refractivity contribution is -0.127. The molecule has 3 aromatic rings. The lowest BCUT2D eigenvalue weighted by Crippen LogP contribution is -2.53. The molecule has 0 radical (unpaired) electrons. The lowest BCUT2D eigenvalue weighted by atomic mass is 9.91. The van der Waals surface area contributed by atoms with E-state index in [2.05, 4.69) is 51.0 Å². The number of hydrogen-bond acceptors (Lipinski definition) is 6. The SMILES string of the molecule is O=C(NNCCCCc1ccccc1)[C@]1(Cc2ccc(Br)cc2)COC(c2ccc(OCCCO)cc2)=N1. The van der Waals surface area contributed by atoms with Gasteiger partial charge in [0.1, 0.15) is 12.4 Å². The Labute approximate surface area is 232 Å². The number of ether oxygens (including phenoxy) is 2. The van der Waals surface area contributed by atoms with Crippen molar-refractivity contribution < 1.29 is 19.4 Å². The summed E-state index contributed by atoms with van der Waals surface area (Å²) in [6, 6.07) is 25.7. The molecule has 0 spiro atoms. The van der Waals surface area contributed by atoms with Gasteiger partial charge in [-0.1, -0.05) is 58.4 Å². The van der Waals surface area contributed by atoms with E-state index >= 15 is 0 Å². The molecule has 1 heterocycles. The van der Waals surface area contributed by atoms with Crippen molar-refractivity contribution in [3.63, 3.8) is 0 Å². The first-order valence-corrected chi connectivity index (χ1v) is 13.8. The maximum absolute atomic E-state index is 13.5. The van der Waals surface area contributed by atoms with Crippen LogP contribution in [0, 0.1) is 0 Å². The van der Waals surface area contributed by atoms with Crippen molar-refractivity contribution in [3.8, 4) is 5.75 Å². The van der Waals surface area contributed by atoms with Gasteiger partial charge in [0.15, 0.2) is 5.54 Å². The highest BCUT2D eigenvalue weighted by Crippen LogP contribution is 2.28. The summed E-state index contributed by atoms with van der Waals surface area (Å²) in [7, 11) is 0. The molecule has 0 aliphatic carbocycles. The summed E-state index contributed by atoms with van der Waals surface area (Å²) in [5.41, 5.74) is 7.97. The van der Waals surface area contributed by atoms with Gasteiger partial charge in [-0.05, 0) is 66.8 Å². The Morgan fingerprint density at radius 1 is 0.974 bits per heavy atom. The fraction of sp³-hybridized carbons (Fsp3) is 0.333. The van der Waals surface area contributed by atoms with Crippen LogP contribution in [0.1, 0.15) is 36.0 Å². The Bertz CT molecular complexity index is 1190. The first-order chi connectivity index (χ1) is 18.6. The quantitative estimate of drug-likeness (QED) is 0.191. The van der Waals surface area contributed by atoms with Gasteiger partial charge >= 0.3 is 0 Å². The molecule has 38 heavy (non-hydrogen) atoms. The van der Waals surface area contributed by atoms with E-state index in [1.54, 1.807) is 0 Å². The average molecular weight is 581 g/mol. The van der Waals surface area contributed by atoms with Gasteiger partial charge in [0.2, 0.25) is 5.90 Å². The molecule has 3 N–H and O–H groups in total. The highest BCUT2D eigenvalue weighted by molar-refractivity contribution is 9.10. The number of nitrogens with one attached hydrogen (secondary N) is 2. The third kappa shape index (κ3) is 7.90. The van der Waals surface area contributed by atoms with Crippen molar-refractivity contribution in [2.24, 2.45) is 4.99 Å². The Balaban J connectivity index is 1.39. The first kappa shape index (κ1) is 27.8. The number of benzene rings is 3. The summed E-state index contributed by atoms with van der Waals surface area (Å²) in [5.74, 6) is 0.917. The van der Waals surface area contributed by atoms with E-state index in [1.165, 1.54) is 5.56 Å². The number of aryl methyl sites for hydroxylation is 1. The Morgan fingerprint density at radius 3 is 2.47 bits per heavy atom. The number of aliphatic hydroxyl groups excluding tert-OH is 1. The molecule has 1 atom stereocenters. The van der Waals surface area contributed by atoms with E-state index in [1.807, 2.05) is 54.6 Å². The molecule has 1 amide bonds. The van der Waals surface area contributed by atoms with Crippen LogP contribution in [0.15, 0.2) is 88.3 Å². The van der Waals surface area contributed by atoms with Crippen LogP contribution in [0.4, 0.5) is 0 Å². The van der Waals surface area contributed by atoms with Gasteiger partial charge in [0, 0.05) is 36.0 Å². The molecule has 3 aromatic carbocycles. The van der Waals surface area contributed by atoms with Crippen molar-refractivity contribution in [2.75, 3.05) is 26.4 Å². The third-order valence-electron chi connectivity index (χ3n) is 6.33. The molecular formula is C30H34BrN3O4. The number of hydrogen-bond donors (Lipinski definition) is 3. The molecule has 0 unspecified atom stereocenters. The predicted octanol–water partition coefficient (Wildman–Crippen LogP) is 4.61. The van der Waals surface area contributed by atoms with Crippen LogP contribution in [0.2, 0.25) is 0 Å². The molecule has 1 aliphatic heterocycles. The van der Waals surface area contributed by atoms with E-state index in [4.69, 9.17) is 19.6 Å². The number of nitrogens with zero attached hydrogens (tertiary/aromatic N) is 1. The minimum atomic E-state index is -1.09. The van der Waals surface area contributed by atoms with Crippen LogP contribution in [0.25, 0.3) is 0 Å². The van der Waals surface area contributed by atoms with Crippen molar-refractivity contribution in [2.45, 2.75) is 37.6 Å². The van der Waals surface area contributed by atoms with E-state index in [-0.39, 0.29) is 19.1 Å². The maximum atomic E-state index is 13.5. The van der Waals surface area contributed by atoms with Gasteiger partial charge in [0.25, 0.3) is 5.91 Å². The maximum Gasteiger partial charge on any atom is 0.266 e. The minimum Gasteiger partial charge on any atom is -0.494 e. The number of unbranched alkanes of at least 4 members (excludes halogenated alkanes) is 1. The molecule has 0 bridgehead atoms. The molecule has 4 rings (SSSR count). The number of aliphatic imine (C=N–C) groups is 1. The monoisotopic (exact) mass is 579 g/mol. The molecule has 8 heteroatoms. The van der Waals surface area contributed by atoms with Crippen molar-refractivity contribution in [1.82, 2.24) is 10.9 Å². The standard InChI is InChI=1S/C30H34BrN3O4/c31-26-14-10-24(11-15-26)21-30(29(36)34-32-18-5-4-9-23-7-2-1-3-8-23)22-38-28(33-30)25-12-16-27(17-13-25)37-20-6-19-35/h1-3,7-8,10-17,32,35H,4-6,9,18-22H2,(H,34,36)/t30-/m0/s1. The normalized spacial score (nSPS) is 16.5. The van der Waals surface area contributed by atoms with Gasteiger partial charge in [-0.15, -0.1) is 0 Å². The van der Waals surface area contributed by atoms with Gasteiger partial charge in [-0.3, -0.25) is 10.2 Å². The zero-order valence-electron chi connectivity index (χ0n) is 21.4. The van der Waals surface area contributed by atoms with Gasteiger partial charge in [0.05, 0.1) is 6.61 Å². The van der Waals surface area contributed by atoms with Crippen LogP contribution in [0.5, 0.6) is 5.75 Å². The molecule has 0 saturated heterocycles. The second-order valence-electron chi connectivity index (χ2n) is 9.31. The number of hydrazine groups is 1. The average Bonchev–Trinajstić information content (AvgIpc) is 3.38. The summed E-state index contributed by atoms with van der Waals surface area (Å²) < 4.78 is 12.6. The van der Waals surface area contributed by atoms with Crippen LogP contribution >= 0.6 is 15.9 Å². The molecule has 0 fully saturated rings. The summed E-state index contributed by atoms with van der Waals surface area (Å²) >= 11 is 3.47. The number of halogens is 1. The van der Waals surface area contributed by atoms with Gasteiger partial charge < -0.3 is 14.6 Å². The molecular weight excluding hydrogens is 546 g/mol. The predicted molar refractivity (Wildman–Crippen MR) is 152 cm³/mol. The molecule has 7 nitrogen and oxygen atoms in total.